The maximum absolute atomic E-state index is 13.4. The zero-order valence-electron chi connectivity index (χ0n) is 20.4. The van der Waals surface area contributed by atoms with E-state index in [4.69, 9.17) is 4.65 Å². The summed E-state index contributed by atoms with van der Waals surface area (Å²) in [6, 6.07) is 6.10. The molecule has 14 heteroatoms. The zero-order chi connectivity index (χ0) is 27.6. The van der Waals surface area contributed by atoms with Crippen molar-refractivity contribution in [1.29, 1.82) is 0 Å². The highest BCUT2D eigenvalue weighted by Crippen LogP contribution is 2.37. The van der Waals surface area contributed by atoms with E-state index in [0.29, 0.717) is 17.0 Å². The zero-order valence-corrected chi connectivity index (χ0v) is 20.4. The summed E-state index contributed by atoms with van der Waals surface area (Å²) < 4.78 is 5.45. The molecule has 2 aromatic rings. The Balaban J connectivity index is 1.56. The van der Waals surface area contributed by atoms with Crippen LogP contribution in [0, 0.1) is 0 Å². The number of imide groups is 1. The number of para-hydroxylation sites is 1. The lowest BCUT2D eigenvalue weighted by molar-refractivity contribution is -0.153. The van der Waals surface area contributed by atoms with E-state index in [-0.39, 0.29) is 42.9 Å². The molecule has 13 nitrogen and oxygen atoms in total. The van der Waals surface area contributed by atoms with Crippen molar-refractivity contribution in [2.24, 2.45) is 0 Å². The highest BCUT2D eigenvalue weighted by Gasteiger charge is 2.41. The summed E-state index contributed by atoms with van der Waals surface area (Å²) >= 11 is 0. The fourth-order valence-corrected chi connectivity index (χ4v) is 4.54. The van der Waals surface area contributed by atoms with Gasteiger partial charge in [-0.2, -0.15) is 0 Å². The van der Waals surface area contributed by atoms with Gasteiger partial charge in [0.2, 0.25) is 5.56 Å². The quantitative estimate of drug-likeness (QED) is 0.285. The van der Waals surface area contributed by atoms with Crippen LogP contribution in [0.2, 0.25) is 5.82 Å². The van der Waals surface area contributed by atoms with Gasteiger partial charge in [-0.1, -0.05) is 18.2 Å². The molecule has 0 spiro atoms. The molecule has 1 saturated heterocycles. The molecule has 2 atom stereocenters. The number of hydrogen-bond acceptors (Lipinski definition) is 8. The SMILES string of the molecule is CCN1CCN(C(=O)NC(C(=O)C[C@H]2Cc3cccc(C(=O)O)c3OB2O)c2cccc(=O)[nH]2)C(=O)C1=O. The van der Waals surface area contributed by atoms with Crippen molar-refractivity contribution in [3.8, 4) is 5.75 Å². The lowest BCUT2D eigenvalue weighted by atomic mass is 9.64. The lowest BCUT2D eigenvalue weighted by Gasteiger charge is -2.33. The number of H-pyrrole nitrogens is 1. The number of carboxylic acid groups (broad SMARTS) is 1. The number of ketones is 1. The van der Waals surface area contributed by atoms with Crippen LogP contribution in [0.3, 0.4) is 0 Å². The number of urea groups is 1. The molecule has 0 aliphatic carbocycles. The molecule has 3 heterocycles. The van der Waals surface area contributed by atoms with Crippen molar-refractivity contribution in [1.82, 2.24) is 20.1 Å². The maximum Gasteiger partial charge on any atom is 0.526 e. The van der Waals surface area contributed by atoms with E-state index in [9.17, 15) is 38.9 Å². The van der Waals surface area contributed by atoms with Gasteiger partial charge in [0.15, 0.2) is 5.78 Å². The van der Waals surface area contributed by atoms with Crippen molar-refractivity contribution < 1.29 is 38.8 Å². The van der Waals surface area contributed by atoms with Crippen LogP contribution in [0.5, 0.6) is 5.75 Å². The van der Waals surface area contributed by atoms with E-state index >= 15 is 0 Å². The number of likely N-dealkylation sites (N-methyl/N-ethyl adjacent to an activating group) is 1. The third kappa shape index (κ3) is 5.30. The molecule has 0 saturated carbocycles. The highest BCUT2D eigenvalue weighted by molar-refractivity contribution is 6.47. The monoisotopic (exact) mass is 524 g/mol. The molecule has 38 heavy (non-hydrogen) atoms. The van der Waals surface area contributed by atoms with Crippen LogP contribution < -0.4 is 15.5 Å². The van der Waals surface area contributed by atoms with Crippen molar-refractivity contribution in [2.45, 2.75) is 31.6 Å². The summed E-state index contributed by atoms with van der Waals surface area (Å²) in [7, 11) is -1.51. The first-order valence-corrected chi connectivity index (χ1v) is 11.9. The van der Waals surface area contributed by atoms with Crippen molar-refractivity contribution in [3.05, 3.63) is 63.6 Å². The first-order valence-electron chi connectivity index (χ1n) is 11.9. The molecule has 1 aromatic carbocycles. The highest BCUT2D eigenvalue weighted by atomic mass is 16.5. The summed E-state index contributed by atoms with van der Waals surface area (Å²) in [5, 5.41) is 22.4. The van der Waals surface area contributed by atoms with Crippen LogP contribution in [0.25, 0.3) is 0 Å². The van der Waals surface area contributed by atoms with Gasteiger partial charge < -0.3 is 30.0 Å². The number of Topliss-reactive ketones (excluding diaryl/α,β-unsaturated/α-hetero) is 1. The molecule has 2 aliphatic heterocycles. The van der Waals surface area contributed by atoms with E-state index in [1.807, 2.05) is 0 Å². The van der Waals surface area contributed by atoms with Crippen molar-refractivity contribution >= 4 is 36.7 Å². The number of amides is 4. The minimum Gasteiger partial charge on any atom is -0.535 e. The second-order valence-electron chi connectivity index (χ2n) is 8.94. The number of piperazine rings is 1. The number of carbonyl (C=O) groups excluding carboxylic acids is 4. The molecule has 1 unspecified atom stereocenters. The summed E-state index contributed by atoms with van der Waals surface area (Å²) in [6.07, 6.45) is -0.211. The predicted octanol–water partition coefficient (Wildman–Crippen LogP) is -0.0405. The molecule has 4 N–H and O–H groups in total. The first-order chi connectivity index (χ1) is 18.1. The second kappa shape index (κ2) is 10.9. The second-order valence-corrected chi connectivity index (χ2v) is 8.94. The van der Waals surface area contributed by atoms with E-state index in [2.05, 4.69) is 10.3 Å². The molecular formula is C24H25BN4O9. The lowest BCUT2D eigenvalue weighted by Crippen LogP contribution is -2.58. The topological polar surface area (TPSA) is 186 Å². The molecule has 4 amide bonds. The number of nitrogens with zero attached hydrogens (tertiary/aromatic N) is 2. The molecule has 0 radical (unpaired) electrons. The average Bonchev–Trinajstić information content (AvgIpc) is 2.88. The minimum atomic E-state index is -1.51. The van der Waals surface area contributed by atoms with Gasteiger partial charge in [0, 0.05) is 43.6 Å². The molecule has 4 rings (SSSR count). The Hall–Kier alpha value is -4.46. The molecule has 198 valence electrons. The van der Waals surface area contributed by atoms with Crippen LogP contribution in [-0.2, 0) is 20.8 Å². The number of aromatic carboxylic acids is 1. The molecule has 2 aliphatic rings. The Morgan fingerprint density at radius 1 is 1.13 bits per heavy atom. The summed E-state index contributed by atoms with van der Waals surface area (Å²) in [4.78, 5) is 79.0. The van der Waals surface area contributed by atoms with Gasteiger partial charge in [0.1, 0.15) is 11.8 Å². The number of carbonyl (C=O) groups is 5. The fourth-order valence-electron chi connectivity index (χ4n) is 4.54. The largest absolute Gasteiger partial charge is 0.535 e. The first kappa shape index (κ1) is 26.6. The van der Waals surface area contributed by atoms with E-state index < -0.39 is 54.1 Å². The Morgan fingerprint density at radius 3 is 2.55 bits per heavy atom. The number of aromatic amines is 1. The number of aromatic nitrogens is 1. The number of hydrogen-bond donors (Lipinski definition) is 4. The van der Waals surface area contributed by atoms with Gasteiger partial charge in [-0.3, -0.25) is 24.1 Å². The smallest absolute Gasteiger partial charge is 0.526 e. The Bertz CT molecular complexity index is 1360. The van der Waals surface area contributed by atoms with Crippen LogP contribution in [0.4, 0.5) is 4.79 Å². The van der Waals surface area contributed by atoms with Gasteiger partial charge in [0.25, 0.3) is 0 Å². The van der Waals surface area contributed by atoms with E-state index in [1.165, 1.54) is 35.2 Å². The van der Waals surface area contributed by atoms with Crippen molar-refractivity contribution in [2.75, 3.05) is 19.6 Å². The van der Waals surface area contributed by atoms with Gasteiger partial charge in [-0.25, -0.2) is 9.59 Å². The van der Waals surface area contributed by atoms with Gasteiger partial charge >= 0.3 is 30.9 Å². The van der Waals surface area contributed by atoms with E-state index in [0.717, 1.165) is 0 Å². The standard InChI is InChI=1S/C24H25BN4O9/c1-2-28-9-10-29(22(33)21(28)32)24(36)27-19(16-7-4-8-18(31)26-16)17(30)12-14-11-13-5-3-6-15(23(34)35)20(13)38-25(14)37/h3-8,14,19,37H,2,9-12H2,1H3,(H,26,31)(H,27,36)(H,34,35)/t14-,19?/m1/s1. The predicted molar refractivity (Wildman–Crippen MR) is 131 cm³/mol. The Labute approximate surface area is 216 Å². The Morgan fingerprint density at radius 2 is 1.87 bits per heavy atom. The number of rotatable bonds is 7. The molecule has 0 bridgehead atoms. The van der Waals surface area contributed by atoms with Crippen LogP contribution >= 0.6 is 0 Å². The third-order valence-corrected chi connectivity index (χ3v) is 6.54. The number of benzene rings is 1. The normalized spacial score (nSPS) is 17.9. The molecule has 1 aromatic heterocycles. The number of pyridine rings is 1. The van der Waals surface area contributed by atoms with Crippen LogP contribution in [-0.4, -0.2) is 81.3 Å². The summed E-state index contributed by atoms with van der Waals surface area (Å²) in [6.45, 7) is 2.06. The maximum atomic E-state index is 13.4. The molecule has 1 fully saturated rings. The summed E-state index contributed by atoms with van der Waals surface area (Å²) in [5.74, 6) is -4.51. The average molecular weight is 524 g/mol. The van der Waals surface area contributed by atoms with E-state index in [1.54, 1.807) is 13.0 Å². The van der Waals surface area contributed by atoms with Crippen LogP contribution in [0.1, 0.15) is 41.0 Å². The van der Waals surface area contributed by atoms with Gasteiger partial charge in [-0.15, -0.1) is 0 Å². The van der Waals surface area contributed by atoms with Crippen molar-refractivity contribution in [3.63, 3.8) is 0 Å². The van der Waals surface area contributed by atoms with Gasteiger partial charge in [0.05, 0.1) is 5.56 Å². The van der Waals surface area contributed by atoms with Gasteiger partial charge in [-0.05, 0) is 31.0 Å². The minimum absolute atomic E-state index is 0.0165. The van der Waals surface area contributed by atoms with Crippen LogP contribution in [0.15, 0.2) is 41.2 Å². The number of carboxylic acids is 1. The Kier molecular flexibility index (Phi) is 7.62. The number of fused-ring (bicyclic) bond motifs is 1. The summed E-state index contributed by atoms with van der Waals surface area (Å²) in [5.41, 5.74) is -0.129. The number of nitrogens with one attached hydrogen (secondary N) is 2. The fraction of sp³-hybridized carbons (Fsp3) is 0.333. The molecular weight excluding hydrogens is 499 g/mol. The third-order valence-electron chi connectivity index (χ3n) is 6.54.